The highest BCUT2D eigenvalue weighted by Gasteiger charge is 2.20. The highest BCUT2D eigenvalue weighted by molar-refractivity contribution is 6.30. The number of aromatic nitrogens is 2. The van der Waals surface area contributed by atoms with Crippen LogP contribution in [0.15, 0.2) is 85.7 Å². The largest absolute Gasteiger partial charge is 0.481 e. The molecule has 0 saturated heterocycles. The third-order valence-corrected chi connectivity index (χ3v) is 5.59. The van der Waals surface area contributed by atoms with Crippen molar-refractivity contribution in [3.63, 3.8) is 0 Å². The number of hydrogen-bond acceptors (Lipinski definition) is 5. The maximum absolute atomic E-state index is 12.4. The van der Waals surface area contributed by atoms with Crippen molar-refractivity contribution in [2.75, 3.05) is 11.9 Å². The minimum absolute atomic E-state index is 0.108. The van der Waals surface area contributed by atoms with E-state index in [9.17, 15) is 14.7 Å². The van der Waals surface area contributed by atoms with Crippen LogP contribution in [0.4, 0.5) is 5.69 Å². The lowest BCUT2D eigenvalue weighted by Crippen LogP contribution is -2.23. The van der Waals surface area contributed by atoms with E-state index in [4.69, 9.17) is 16.4 Å². The Morgan fingerprint density at radius 3 is 2.54 bits per heavy atom. The van der Waals surface area contributed by atoms with Gasteiger partial charge < -0.3 is 15.0 Å². The van der Waals surface area contributed by atoms with Gasteiger partial charge in [0.05, 0.1) is 35.5 Å². The monoisotopic (exact) mass is 490 g/mol. The molecule has 0 aliphatic rings. The van der Waals surface area contributed by atoms with E-state index in [2.05, 4.69) is 22.4 Å². The van der Waals surface area contributed by atoms with Crippen LogP contribution in [0.3, 0.4) is 0 Å². The third kappa shape index (κ3) is 6.06. The molecule has 1 unspecified atom stereocenters. The second-order valence-corrected chi connectivity index (χ2v) is 8.24. The zero-order valence-electron chi connectivity index (χ0n) is 18.6. The summed E-state index contributed by atoms with van der Waals surface area (Å²) in [6.45, 7) is 3.62. The number of nitrogens with zero attached hydrogens (tertiary/aromatic N) is 2. The lowest BCUT2D eigenvalue weighted by atomic mass is 10.0. The first-order chi connectivity index (χ1) is 16.9. The van der Waals surface area contributed by atoms with Gasteiger partial charge in [-0.15, -0.1) is 0 Å². The molecule has 0 radical (unpaired) electrons. The molecule has 1 heterocycles. The van der Waals surface area contributed by atoms with Crippen LogP contribution < -0.4 is 10.8 Å². The molecular weight excluding hydrogens is 468 g/mol. The maximum atomic E-state index is 12.4. The van der Waals surface area contributed by atoms with E-state index in [1.807, 2.05) is 34.9 Å². The highest BCUT2D eigenvalue weighted by Crippen LogP contribution is 2.28. The molecule has 1 atom stereocenters. The minimum Gasteiger partial charge on any atom is -0.481 e. The van der Waals surface area contributed by atoms with Crippen LogP contribution in [0.5, 0.6) is 0 Å². The van der Waals surface area contributed by atoms with E-state index in [0.717, 1.165) is 11.1 Å². The molecule has 178 valence electrons. The number of carboxylic acids is 1. The number of carboxylic acid groups (broad SMARTS) is 1. The summed E-state index contributed by atoms with van der Waals surface area (Å²) in [6.07, 6.45) is 1.51. The quantitative estimate of drug-likeness (QED) is 0.273. The number of rotatable bonds is 10. The van der Waals surface area contributed by atoms with Crippen LogP contribution in [0.25, 0.3) is 16.7 Å². The van der Waals surface area contributed by atoms with Crippen LogP contribution in [0.1, 0.15) is 23.6 Å². The molecule has 3 aromatic carbocycles. The molecular formula is C26H23ClN4O4. The van der Waals surface area contributed by atoms with Gasteiger partial charge in [0.15, 0.2) is 6.61 Å². The summed E-state index contributed by atoms with van der Waals surface area (Å²) in [4.78, 5) is 33.6. The third-order valence-electron chi connectivity index (χ3n) is 5.34. The summed E-state index contributed by atoms with van der Waals surface area (Å²) in [7, 11) is 0. The predicted molar refractivity (Wildman–Crippen MR) is 135 cm³/mol. The molecule has 0 saturated carbocycles. The van der Waals surface area contributed by atoms with E-state index in [0.29, 0.717) is 27.4 Å². The lowest BCUT2D eigenvalue weighted by molar-refractivity contribution is -0.137. The molecule has 0 fully saturated rings. The van der Waals surface area contributed by atoms with Crippen LogP contribution in [0.2, 0.25) is 5.02 Å². The van der Waals surface area contributed by atoms with E-state index < -0.39 is 12.0 Å². The van der Waals surface area contributed by atoms with Gasteiger partial charge >= 0.3 is 5.97 Å². The van der Waals surface area contributed by atoms with Gasteiger partial charge in [0.2, 0.25) is 0 Å². The topological polar surface area (TPSA) is 105 Å². The highest BCUT2D eigenvalue weighted by atomic mass is 35.5. The molecule has 3 N–H and O–H groups in total. The normalized spacial score (nSPS) is 11.7. The summed E-state index contributed by atoms with van der Waals surface area (Å²) in [5.41, 5.74) is 6.70. The Balaban J connectivity index is 1.44. The number of halogens is 1. The van der Waals surface area contributed by atoms with E-state index in [1.165, 1.54) is 0 Å². The smallest absolute Gasteiger partial charge is 0.305 e. The van der Waals surface area contributed by atoms with Crippen molar-refractivity contribution in [3.05, 3.63) is 102 Å². The summed E-state index contributed by atoms with van der Waals surface area (Å²) >= 11 is 5.88. The van der Waals surface area contributed by atoms with Gasteiger partial charge in [-0.25, -0.2) is 4.98 Å². The molecule has 1 amide bonds. The number of nitrogens with one attached hydrogen (secondary N) is 2. The Labute approximate surface area is 206 Å². The van der Waals surface area contributed by atoms with E-state index in [-0.39, 0.29) is 18.9 Å². The van der Waals surface area contributed by atoms with Crippen LogP contribution in [-0.4, -0.2) is 33.1 Å². The summed E-state index contributed by atoms with van der Waals surface area (Å²) in [6, 6.07) is 21.2. The zero-order valence-corrected chi connectivity index (χ0v) is 19.4. The molecule has 0 aliphatic carbocycles. The van der Waals surface area contributed by atoms with Gasteiger partial charge in [0.1, 0.15) is 0 Å². The number of fused-ring (bicyclic) bond motifs is 1. The Morgan fingerprint density at radius 1 is 1.09 bits per heavy atom. The molecule has 4 aromatic rings. The number of amides is 1. The Kier molecular flexibility index (Phi) is 7.45. The van der Waals surface area contributed by atoms with Crippen LogP contribution >= 0.6 is 11.6 Å². The SMILES string of the molecule is C=C(NOCC(=O)Nc1ccc2ncn(C(CC(=O)O)c3ccccc3)c2c1)c1ccc(Cl)cc1. The summed E-state index contributed by atoms with van der Waals surface area (Å²) in [5, 5.41) is 12.9. The fraction of sp³-hybridized carbons (Fsp3) is 0.115. The second kappa shape index (κ2) is 10.9. The number of hydroxylamine groups is 1. The number of hydrogen-bond donors (Lipinski definition) is 3. The second-order valence-electron chi connectivity index (χ2n) is 7.80. The van der Waals surface area contributed by atoms with Gasteiger partial charge in [-0.05, 0) is 41.5 Å². The van der Waals surface area contributed by atoms with Gasteiger partial charge in [-0.3, -0.25) is 19.9 Å². The number of carbonyl (C=O) groups is 2. The summed E-state index contributed by atoms with van der Waals surface area (Å²) < 4.78 is 1.81. The van der Waals surface area contributed by atoms with Gasteiger partial charge in [0.25, 0.3) is 5.91 Å². The van der Waals surface area contributed by atoms with Gasteiger partial charge in [-0.2, -0.15) is 0 Å². The van der Waals surface area contributed by atoms with Crippen molar-refractivity contribution in [2.24, 2.45) is 0 Å². The van der Waals surface area contributed by atoms with Crippen molar-refractivity contribution < 1.29 is 19.5 Å². The standard InChI is InChI=1S/C26H23ClN4O4/c1-17(18-7-9-20(27)10-8-18)30-35-15-25(32)29-21-11-12-22-24(13-21)31(16-28-22)23(14-26(33)34)19-5-3-2-4-6-19/h2-13,16,23,30H,1,14-15H2,(H,29,32)(H,33,34). The molecule has 0 spiro atoms. The number of aliphatic carboxylic acids is 1. The van der Waals surface area contributed by atoms with Crippen LogP contribution in [-0.2, 0) is 14.4 Å². The number of carbonyl (C=O) groups excluding carboxylic acids is 1. The van der Waals surface area contributed by atoms with Crippen molar-refractivity contribution in [1.29, 1.82) is 0 Å². The van der Waals surface area contributed by atoms with Crippen molar-refractivity contribution >= 4 is 45.9 Å². The van der Waals surface area contributed by atoms with E-state index >= 15 is 0 Å². The average Bonchev–Trinajstić information content (AvgIpc) is 3.26. The lowest BCUT2D eigenvalue weighted by Gasteiger charge is -2.18. The van der Waals surface area contributed by atoms with Crippen molar-refractivity contribution in [1.82, 2.24) is 15.0 Å². The van der Waals surface area contributed by atoms with Crippen molar-refractivity contribution in [3.8, 4) is 0 Å². The molecule has 9 heteroatoms. The molecule has 0 bridgehead atoms. The number of imidazole rings is 1. The fourth-order valence-corrected chi connectivity index (χ4v) is 3.79. The first-order valence-electron chi connectivity index (χ1n) is 10.8. The molecule has 4 rings (SSSR count). The van der Waals surface area contributed by atoms with Crippen LogP contribution in [0, 0.1) is 0 Å². The Hall–Kier alpha value is -4.14. The average molecular weight is 491 g/mol. The molecule has 1 aromatic heterocycles. The first kappa shape index (κ1) is 24.0. The Morgan fingerprint density at radius 2 is 1.83 bits per heavy atom. The minimum atomic E-state index is -0.921. The molecule has 35 heavy (non-hydrogen) atoms. The Bertz CT molecular complexity index is 1350. The molecule has 8 nitrogen and oxygen atoms in total. The van der Waals surface area contributed by atoms with E-state index in [1.54, 1.807) is 48.8 Å². The number of benzene rings is 3. The predicted octanol–water partition coefficient (Wildman–Crippen LogP) is 4.88. The maximum Gasteiger partial charge on any atom is 0.305 e. The zero-order chi connectivity index (χ0) is 24.8. The fourth-order valence-electron chi connectivity index (χ4n) is 3.67. The molecule has 0 aliphatic heterocycles. The summed E-state index contributed by atoms with van der Waals surface area (Å²) in [5.74, 6) is -1.30. The number of anilines is 1. The van der Waals surface area contributed by atoms with Crippen molar-refractivity contribution in [2.45, 2.75) is 12.5 Å². The first-order valence-corrected chi connectivity index (χ1v) is 11.1. The van der Waals surface area contributed by atoms with Gasteiger partial charge in [-0.1, -0.05) is 60.6 Å². The van der Waals surface area contributed by atoms with Gasteiger partial charge in [0, 0.05) is 10.7 Å².